The van der Waals surface area contributed by atoms with Crippen LogP contribution >= 0.6 is 0 Å². The first kappa shape index (κ1) is 18.5. The Labute approximate surface area is 164 Å². The monoisotopic (exact) mass is 395 g/mol. The molecule has 1 atom stereocenters. The van der Waals surface area contributed by atoms with Crippen molar-refractivity contribution in [2.45, 2.75) is 36.0 Å². The average molecular weight is 395 g/mol. The van der Waals surface area contributed by atoms with Crippen molar-refractivity contribution in [2.24, 2.45) is 0 Å². The lowest BCUT2D eigenvalue weighted by Crippen LogP contribution is -2.30. The highest BCUT2D eigenvalue weighted by atomic mass is 32.2. The molecule has 1 N–H and O–H groups in total. The highest BCUT2D eigenvalue weighted by Crippen LogP contribution is 2.29. The van der Waals surface area contributed by atoms with Gasteiger partial charge in [0.15, 0.2) is 15.6 Å². The number of carbonyl (C=O) groups excluding carboxylic acids is 1. The van der Waals surface area contributed by atoms with Crippen molar-refractivity contribution in [3.05, 3.63) is 89.4 Å². The first-order chi connectivity index (χ1) is 13.5. The molecule has 5 nitrogen and oxygen atoms in total. The van der Waals surface area contributed by atoms with Gasteiger partial charge in [-0.2, -0.15) is 0 Å². The number of amides is 1. The van der Waals surface area contributed by atoms with Gasteiger partial charge >= 0.3 is 0 Å². The van der Waals surface area contributed by atoms with Crippen molar-refractivity contribution in [3.63, 3.8) is 0 Å². The Morgan fingerprint density at radius 3 is 2.57 bits per heavy atom. The molecule has 0 aliphatic heterocycles. The van der Waals surface area contributed by atoms with Crippen LogP contribution in [0.4, 0.5) is 0 Å². The molecule has 0 spiro atoms. The third kappa shape index (κ3) is 3.87. The third-order valence-corrected chi connectivity index (χ3v) is 6.65. The predicted molar refractivity (Wildman–Crippen MR) is 106 cm³/mol. The zero-order chi connectivity index (χ0) is 19.6. The maximum Gasteiger partial charge on any atom is 0.287 e. The molecule has 144 valence electrons. The summed E-state index contributed by atoms with van der Waals surface area (Å²) >= 11 is 0. The van der Waals surface area contributed by atoms with Gasteiger partial charge in [-0.25, -0.2) is 8.42 Å². The zero-order valence-corrected chi connectivity index (χ0v) is 16.1. The molecule has 0 saturated carbocycles. The normalized spacial score (nSPS) is 16.4. The molecule has 28 heavy (non-hydrogen) atoms. The molecular formula is C22H21NO4S. The zero-order valence-electron chi connectivity index (χ0n) is 15.3. The van der Waals surface area contributed by atoms with E-state index in [2.05, 4.69) is 11.4 Å². The van der Waals surface area contributed by atoms with Gasteiger partial charge in [0.2, 0.25) is 0 Å². The Hall–Kier alpha value is -2.86. The van der Waals surface area contributed by atoms with E-state index in [4.69, 9.17) is 4.42 Å². The Morgan fingerprint density at radius 2 is 1.75 bits per heavy atom. The maximum absolute atomic E-state index is 12.6. The highest BCUT2D eigenvalue weighted by Gasteiger charge is 2.24. The van der Waals surface area contributed by atoms with E-state index >= 15 is 0 Å². The summed E-state index contributed by atoms with van der Waals surface area (Å²) in [6.07, 6.45) is 2.91. The van der Waals surface area contributed by atoms with Gasteiger partial charge in [0, 0.05) is 0 Å². The van der Waals surface area contributed by atoms with Gasteiger partial charge in [0.1, 0.15) is 11.5 Å². The van der Waals surface area contributed by atoms with Crippen LogP contribution in [0.15, 0.2) is 76.0 Å². The van der Waals surface area contributed by atoms with Gasteiger partial charge in [-0.1, -0.05) is 42.5 Å². The minimum atomic E-state index is -3.52. The fourth-order valence-corrected chi connectivity index (χ4v) is 4.88. The van der Waals surface area contributed by atoms with E-state index < -0.39 is 9.84 Å². The van der Waals surface area contributed by atoms with Crippen LogP contribution in [0.1, 0.15) is 46.3 Å². The van der Waals surface area contributed by atoms with E-state index in [9.17, 15) is 13.2 Å². The molecule has 0 saturated heterocycles. The first-order valence-corrected chi connectivity index (χ1v) is 10.9. The summed E-state index contributed by atoms with van der Waals surface area (Å²) in [6.45, 7) is 0. The standard InChI is InChI=1S/C22H21NO4S/c24-22(23-20-12-6-8-16-7-4-5-11-19(16)20)21-14-13-17(27-21)15-28(25,26)18-9-2-1-3-10-18/h1-5,7,9-11,13-14,20H,6,8,12,15H2,(H,23,24). The molecule has 6 heteroatoms. The van der Waals surface area contributed by atoms with Crippen LogP contribution < -0.4 is 5.32 Å². The molecule has 1 heterocycles. The number of fused-ring (bicyclic) bond motifs is 1. The van der Waals surface area contributed by atoms with Crippen molar-refractivity contribution >= 4 is 15.7 Å². The minimum absolute atomic E-state index is 0.0564. The number of benzene rings is 2. The lowest BCUT2D eigenvalue weighted by Gasteiger charge is -2.25. The summed E-state index contributed by atoms with van der Waals surface area (Å²) in [6, 6.07) is 19.3. The number of furan rings is 1. The van der Waals surface area contributed by atoms with Crippen LogP contribution in [-0.2, 0) is 22.0 Å². The molecule has 0 radical (unpaired) electrons. The fraction of sp³-hybridized carbons (Fsp3) is 0.227. The second kappa shape index (κ2) is 7.64. The Balaban J connectivity index is 1.47. The fourth-order valence-electron chi connectivity index (χ4n) is 3.61. The van der Waals surface area contributed by atoms with Crippen LogP contribution in [0.3, 0.4) is 0 Å². The van der Waals surface area contributed by atoms with Crippen LogP contribution in [0.2, 0.25) is 0 Å². The molecule has 1 aliphatic carbocycles. The van der Waals surface area contributed by atoms with E-state index in [1.165, 1.54) is 11.6 Å². The molecule has 1 amide bonds. The van der Waals surface area contributed by atoms with Gasteiger partial charge in [-0.3, -0.25) is 4.79 Å². The third-order valence-electron chi connectivity index (χ3n) is 4.99. The molecule has 4 rings (SSSR count). The Kier molecular flexibility index (Phi) is 5.05. The van der Waals surface area contributed by atoms with E-state index in [0.717, 1.165) is 24.8 Å². The van der Waals surface area contributed by atoms with Gasteiger partial charge < -0.3 is 9.73 Å². The summed E-state index contributed by atoms with van der Waals surface area (Å²) in [5, 5.41) is 3.02. The van der Waals surface area contributed by atoms with Crippen molar-refractivity contribution in [3.8, 4) is 0 Å². The molecule has 1 aliphatic rings. The molecule has 1 unspecified atom stereocenters. The summed E-state index contributed by atoms with van der Waals surface area (Å²) < 4.78 is 30.5. The molecule has 2 aromatic carbocycles. The van der Waals surface area contributed by atoms with Crippen molar-refractivity contribution in [1.82, 2.24) is 5.32 Å². The van der Waals surface area contributed by atoms with E-state index in [1.807, 2.05) is 18.2 Å². The van der Waals surface area contributed by atoms with E-state index in [0.29, 0.717) is 0 Å². The summed E-state index contributed by atoms with van der Waals surface area (Å²) in [4.78, 5) is 12.8. The topological polar surface area (TPSA) is 76.4 Å². The van der Waals surface area contributed by atoms with Crippen LogP contribution in [-0.4, -0.2) is 14.3 Å². The van der Waals surface area contributed by atoms with Gasteiger partial charge in [0.05, 0.1) is 10.9 Å². The van der Waals surface area contributed by atoms with Crippen molar-refractivity contribution < 1.29 is 17.6 Å². The lowest BCUT2D eigenvalue weighted by molar-refractivity contribution is 0.0903. The van der Waals surface area contributed by atoms with E-state index in [-0.39, 0.29) is 34.1 Å². The van der Waals surface area contributed by atoms with Gasteiger partial charge in [0.25, 0.3) is 5.91 Å². The van der Waals surface area contributed by atoms with Crippen LogP contribution in [0.5, 0.6) is 0 Å². The number of nitrogens with one attached hydrogen (secondary N) is 1. The Morgan fingerprint density at radius 1 is 1.00 bits per heavy atom. The SMILES string of the molecule is O=C(NC1CCCc2ccccc21)c1ccc(CS(=O)(=O)c2ccccc2)o1. The van der Waals surface area contributed by atoms with Gasteiger partial charge in [-0.15, -0.1) is 0 Å². The lowest BCUT2D eigenvalue weighted by atomic mass is 9.88. The van der Waals surface area contributed by atoms with Gasteiger partial charge in [-0.05, 0) is 54.7 Å². The maximum atomic E-state index is 12.6. The molecular weight excluding hydrogens is 374 g/mol. The van der Waals surface area contributed by atoms with Crippen LogP contribution in [0.25, 0.3) is 0 Å². The largest absolute Gasteiger partial charge is 0.455 e. The summed E-state index contributed by atoms with van der Waals surface area (Å²) in [5.41, 5.74) is 2.40. The highest BCUT2D eigenvalue weighted by molar-refractivity contribution is 7.90. The summed E-state index contributed by atoms with van der Waals surface area (Å²) in [7, 11) is -3.52. The first-order valence-electron chi connectivity index (χ1n) is 9.28. The minimum Gasteiger partial charge on any atom is -0.455 e. The molecule has 1 aromatic heterocycles. The number of aryl methyl sites for hydroxylation is 1. The summed E-state index contributed by atoms with van der Waals surface area (Å²) in [5.74, 6) is -0.235. The Bertz CT molecular complexity index is 1090. The molecule has 0 bridgehead atoms. The van der Waals surface area contributed by atoms with Crippen LogP contribution in [0, 0.1) is 0 Å². The number of hydrogen-bond donors (Lipinski definition) is 1. The van der Waals surface area contributed by atoms with E-state index in [1.54, 1.807) is 36.4 Å². The quantitative estimate of drug-likeness (QED) is 0.707. The predicted octanol–water partition coefficient (Wildman–Crippen LogP) is 4.06. The molecule has 3 aromatic rings. The number of rotatable bonds is 5. The van der Waals surface area contributed by atoms with Crippen molar-refractivity contribution in [2.75, 3.05) is 0 Å². The number of hydrogen-bond acceptors (Lipinski definition) is 4. The second-order valence-corrected chi connectivity index (χ2v) is 8.94. The molecule has 0 fully saturated rings. The smallest absolute Gasteiger partial charge is 0.287 e. The second-order valence-electron chi connectivity index (χ2n) is 6.96. The number of carbonyl (C=O) groups is 1. The van der Waals surface area contributed by atoms with Crippen molar-refractivity contribution in [1.29, 1.82) is 0 Å². The number of sulfone groups is 1. The average Bonchev–Trinajstić information content (AvgIpc) is 3.17.